The molecule has 0 aliphatic rings. The highest BCUT2D eigenvalue weighted by molar-refractivity contribution is 5.71. The topological polar surface area (TPSA) is 186 Å². The fourth-order valence-corrected chi connectivity index (χ4v) is 1.41. The number of oxime groups is 1. The molecule has 23 heavy (non-hydrogen) atoms. The van der Waals surface area contributed by atoms with Gasteiger partial charge in [-0.2, -0.15) is 0 Å². The Morgan fingerprint density at radius 2 is 1.57 bits per heavy atom. The summed E-state index contributed by atoms with van der Waals surface area (Å²) in [6.45, 7) is 3.22. The molecule has 0 radical (unpaired) electrons. The third-order valence-electron chi connectivity index (χ3n) is 2.22. The van der Waals surface area contributed by atoms with Gasteiger partial charge in [0.15, 0.2) is 0 Å². The normalized spacial score (nSPS) is 11.2. The highest BCUT2D eigenvalue weighted by Crippen LogP contribution is 2.40. The molecule has 0 heterocycles. The van der Waals surface area contributed by atoms with Crippen LogP contribution in [0.5, 0.6) is 5.75 Å². The molecule has 0 aliphatic heterocycles. The number of hydrogen-bond acceptors (Lipinski definition) is 9. The number of non-ortho nitro benzene ring substituents is 1. The predicted molar refractivity (Wildman–Crippen MR) is 74.9 cm³/mol. The second-order valence-corrected chi connectivity index (χ2v) is 4.27. The molecular weight excluding hydrogens is 318 g/mol. The van der Waals surface area contributed by atoms with Crippen molar-refractivity contribution in [3.63, 3.8) is 0 Å². The minimum absolute atomic E-state index is 0.385. The number of rotatable bonds is 6. The van der Waals surface area contributed by atoms with E-state index in [0.717, 1.165) is 0 Å². The van der Waals surface area contributed by atoms with Crippen molar-refractivity contribution in [2.24, 2.45) is 10.9 Å². The molecule has 2 N–H and O–H groups in total. The fourth-order valence-electron chi connectivity index (χ4n) is 1.41. The Labute approximate surface area is 127 Å². The van der Waals surface area contributed by atoms with E-state index in [2.05, 4.69) is 9.99 Å². The van der Waals surface area contributed by atoms with Gasteiger partial charge in [0.1, 0.15) is 0 Å². The Bertz CT molecular complexity index is 651. The van der Waals surface area contributed by atoms with Gasteiger partial charge in [-0.3, -0.25) is 30.3 Å². The zero-order valence-electron chi connectivity index (χ0n) is 11.9. The van der Waals surface area contributed by atoms with Gasteiger partial charge in [-0.25, -0.2) is 0 Å². The SMILES string of the molecule is CC(C)O/C(N)=N\Oc1c([N+](=O)[O-])cc([N+](=O)[O-])cc1[N+](=O)[O-]. The minimum Gasteiger partial charge on any atom is -0.461 e. The van der Waals surface area contributed by atoms with Crippen LogP contribution < -0.4 is 10.6 Å². The third-order valence-corrected chi connectivity index (χ3v) is 2.22. The third kappa shape index (κ3) is 4.48. The van der Waals surface area contributed by atoms with Crippen molar-refractivity contribution in [3.8, 4) is 5.75 Å². The first kappa shape index (κ1) is 17.5. The summed E-state index contributed by atoms with van der Waals surface area (Å²) in [5.41, 5.74) is 2.45. The van der Waals surface area contributed by atoms with Crippen molar-refractivity contribution in [1.82, 2.24) is 0 Å². The molecule has 0 saturated carbocycles. The maximum Gasteiger partial charge on any atom is 0.328 e. The molecular formula is C10H11N5O8. The maximum atomic E-state index is 11.0. The van der Waals surface area contributed by atoms with Crippen LogP contribution in [0.4, 0.5) is 17.1 Å². The lowest BCUT2D eigenvalue weighted by Crippen LogP contribution is -2.21. The summed E-state index contributed by atoms with van der Waals surface area (Å²) < 4.78 is 4.89. The van der Waals surface area contributed by atoms with Crippen LogP contribution in [-0.4, -0.2) is 26.9 Å². The number of nitro benzene ring substituents is 3. The van der Waals surface area contributed by atoms with E-state index in [1.54, 1.807) is 13.8 Å². The van der Waals surface area contributed by atoms with E-state index in [1.807, 2.05) is 0 Å². The van der Waals surface area contributed by atoms with Crippen LogP contribution in [0.1, 0.15) is 13.8 Å². The number of nitro groups is 3. The molecule has 0 bridgehead atoms. The van der Waals surface area contributed by atoms with Gasteiger partial charge in [-0.15, -0.1) is 0 Å². The van der Waals surface area contributed by atoms with E-state index in [1.165, 1.54) is 0 Å². The van der Waals surface area contributed by atoms with E-state index in [0.29, 0.717) is 12.1 Å². The molecule has 0 atom stereocenters. The van der Waals surface area contributed by atoms with Crippen LogP contribution in [0.25, 0.3) is 0 Å². The van der Waals surface area contributed by atoms with Gasteiger partial charge in [0.05, 0.1) is 33.0 Å². The van der Waals surface area contributed by atoms with Crippen LogP contribution in [0.3, 0.4) is 0 Å². The number of nitrogens with zero attached hydrogens (tertiary/aromatic N) is 4. The molecule has 1 rings (SSSR count). The fraction of sp³-hybridized carbons (Fsp3) is 0.300. The van der Waals surface area contributed by atoms with Crippen LogP contribution in [0, 0.1) is 30.3 Å². The number of benzene rings is 1. The van der Waals surface area contributed by atoms with Crippen molar-refractivity contribution in [2.75, 3.05) is 0 Å². The lowest BCUT2D eigenvalue weighted by Gasteiger charge is -2.07. The van der Waals surface area contributed by atoms with Crippen molar-refractivity contribution in [3.05, 3.63) is 42.5 Å². The molecule has 13 nitrogen and oxygen atoms in total. The standard InChI is InChI=1S/C10H11N5O8/c1-5(2)22-10(11)12-23-9-7(14(18)19)3-6(13(16)17)4-8(9)15(20)21/h3-5H,1-2H3,(H2,11,12). The highest BCUT2D eigenvalue weighted by atomic mass is 16.7. The quantitative estimate of drug-likeness (QED) is 0.348. The Morgan fingerprint density at radius 1 is 1.09 bits per heavy atom. The molecule has 0 fully saturated rings. The van der Waals surface area contributed by atoms with Gasteiger partial charge in [0.25, 0.3) is 5.69 Å². The molecule has 0 spiro atoms. The first-order valence-electron chi connectivity index (χ1n) is 5.91. The lowest BCUT2D eigenvalue weighted by atomic mass is 10.2. The van der Waals surface area contributed by atoms with Crippen LogP contribution in [0.15, 0.2) is 17.3 Å². The molecule has 0 aromatic heterocycles. The molecule has 124 valence electrons. The average Bonchev–Trinajstić information content (AvgIpc) is 2.42. The Morgan fingerprint density at radius 3 is 1.91 bits per heavy atom. The van der Waals surface area contributed by atoms with E-state index in [4.69, 9.17) is 10.5 Å². The zero-order chi connectivity index (χ0) is 17.7. The van der Waals surface area contributed by atoms with Gasteiger partial charge in [-0.1, -0.05) is 0 Å². The van der Waals surface area contributed by atoms with Crippen molar-refractivity contribution >= 4 is 23.1 Å². The Kier molecular flexibility index (Phi) is 5.31. The first-order chi connectivity index (χ1) is 10.6. The van der Waals surface area contributed by atoms with Crippen LogP contribution >= 0.6 is 0 Å². The van der Waals surface area contributed by atoms with Crippen LogP contribution in [-0.2, 0) is 4.74 Å². The van der Waals surface area contributed by atoms with Crippen LogP contribution in [0.2, 0.25) is 0 Å². The predicted octanol–water partition coefficient (Wildman–Crippen LogP) is 1.44. The van der Waals surface area contributed by atoms with Gasteiger partial charge in [-0.05, 0) is 19.0 Å². The molecule has 1 aromatic rings. The smallest absolute Gasteiger partial charge is 0.328 e. The minimum atomic E-state index is -1.08. The summed E-state index contributed by atoms with van der Waals surface area (Å²) in [5, 5.41) is 35.8. The van der Waals surface area contributed by atoms with Crippen molar-refractivity contribution in [2.45, 2.75) is 20.0 Å². The lowest BCUT2D eigenvalue weighted by molar-refractivity contribution is -0.404. The number of ether oxygens (including phenoxy) is 1. The Hall–Kier alpha value is -3.51. The first-order valence-corrected chi connectivity index (χ1v) is 5.91. The highest BCUT2D eigenvalue weighted by Gasteiger charge is 2.33. The molecule has 0 aliphatic carbocycles. The maximum absolute atomic E-state index is 11.0. The summed E-state index contributed by atoms with van der Waals surface area (Å²) in [4.78, 5) is 34.1. The number of hydrogen-bond donors (Lipinski definition) is 1. The summed E-state index contributed by atoms with van der Waals surface area (Å²) in [7, 11) is 0. The average molecular weight is 329 g/mol. The summed E-state index contributed by atoms with van der Waals surface area (Å²) >= 11 is 0. The molecule has 0 amide bonds. The number of nitrogens with two attached hydrogens (primary N) is 1. The number of amidine groups is 1. The van der Waals surface area contributed by atoms with Crippen molar-refractivity contribution in [1.29, 1.82) is 0 Å². The van der Waals surface area contributed by atoms with Crippen molar-refractivity contribution < 1.29 is 24.3 Å². The molecule has 0 saturated heterocycles. The van der Waals surface area contributed by atoms with E-state index < -0.39 is 43.6 Å². The molecule has 1 aromatic carbocycles. The van der Waals surface area contributed by atoms with E-state index >= 15 is 0 Å². The van der Waals surface area contributed by atoms with E-state index in [-0.39, 0.29) is 6.10 Å². The summed E-state index contributed by atoms with van der Waals surface area (Å²) in [6, 6.07) is 0.497. The largest absolute Gasteiger partial charge is 0.461 e. The van der Waals surface area contributed by atoms with Gasteiger partial charge in [0, 0.05) is 0 Å². The monoisotopic (exact) mass is 329 g/mol. The second kappa shape index (κ2) is 6.97. The van der Waals surface area contributed by atoms with E-state index in [9.17, 15) is 30.3 Å². The molecule has 13 heteroatoms. The Balaban J connectivity index is 3.41. The van der Waals surface area contributed by atoms with Gasteiger partial charge >= 0.3 is 23.1 Å². The van der Waals surface area contributed by atoms with Gasteiger partial charge in [0.2, 0.25) is 0 Å². The summed E-state index contributed by atoms with van der Waals surface area (Å²) in [5.74, 6) is -0.902. The molecule has 0 unspecified atom stereocenters. The summed E-state index contributed by atoms with van der Waals surface area (Å²) in [6.07, 6.45) is -0.385. The second-order valence-electron chi connectivity index (χ2n) is 4.27. The zero-order valence-corrected chi connectivity index (χ0v) is 11.9. The van der Waals surface area contributed by atoms with Gasteiger partial charge < -0.3 is 15.3 Å².